The van der Waals surface area contributed by atoms with Gasteiger partial charge in [-0.1, -0.05) is 18.2 Å². The third-order valence-electron chi connectivity index (χ3n) is 3.12. The fourth-order valence-electron chi connectivity index (χ4n) is 2.11. The Hall–Kier alpha value is -2.14. The van der Waals surface area contributed by atoms with E-state index in [9.17, 15) is 4.39 Å². The lowest BCUT2D eigenvalue weighted by molar-refractivity contribution is 0.626. The van der Waals surface area contributed by atoms with E-state index in [-0.39, 0.29) is 11.9 Å². The Labute approximate surface area is 120 Å². The summed E-state index contributed by atoms with van der Waals surface area (Å²) in [5.74, 6) is 0.596. The van der Waals surface area contributed by atoms with Gasteiger partial charge in [0, 0.05) is 24.3 Å². The van der Waals surface area contributed by atoms with Crippen LogP contribution in [0, 0.1) is 5.82 Å². The van der Waals surface area contributed by atoms with Crippen molar-refractivity contribution in [3.63, 3.8) is 0 Å². The molecule has 0 amide bonds. The number of aromatic nitrogens is 2. The van der Waals surface area contributed by atoms with Crippen molar-refractivity contribution in [1.29, 1.82) is 0 Å². The number of aryl methyl sites for hydroxylation is 1. The number of anilines is 1. The van der Waals surface area contributed by atoms with E-state index in [1.54, 1.807) is 29.7 Å². The summed E-state index contributed by atoms with van der Waals surface area (Å²) in [7, 11) is 1.94. The summed E-state index contributed by atoms with van der Waals surface area (Å²) in [5, 5.41) is 5.25. The van der Waals surface area contributed by atoms with Crippen molar-refractivity contribution < 1.29 is 4.39 Å². The molecule has 0 fully saturated rings. The quantitative estimate of drug-likeness (QED) is 0.790. The molecule has 0 saturated carbocycles. The number of hydrogen-bond donors (Lipinski definition) is 1. The molecular formula is C15H14FN3S. The van der Waals surface area contributed by atoms with Crippen LogP contribution in [0.1, 0.15) is 16.7 Å². The minimum Gasteiger partial charge on any atom is -0.369 e. The van der Waals surface area contributed by atoms with E-state index < -0.39 is 0 Å². The normalized spacial score (nSPS) is 12.3. The standard InChI is InChI=1S/C15H14FN3S/c1-19-9-8-17-15(19)14(13-7-4-10-20-13)18-12-6-3-2-5-11(12)16/h2-10,14,18H,1H3. The lowest BCUT2D eigenvalue weighted by atomic mass is 10.2. The Kier molecular flexibility index (Phi) is 3.52. The van der Waals surface area contributed by atoms with E-state index >= 15 is 0 Å². The lowest BCUT2D eigenvalue weighted by Gasteiger charge is -2.19. The smallest absolute Gasteiger partial charge is 0.146 e. The molecule has 102 valence electrons. The number of nitrogens with zero attached hydrogens (tertiary/aromatic N) is 2. The van der Waals surface area contributed by atoms with Gasteiger partial charge >= 0.3 is 0 Å². The van der Waals surface area contributed by atoms with Crippen LogP contribution in [0.4, 0.5) is 10.1 Å². The first-order valence-electron chi connectivity index (χ1n) is 6.27. The maximum absolute atomic E-state index is 13.8. The SMILES string of the molecule is Cn1ccnc1C(Nc1ccccc1F)c1cccs1. The molecule has 3 rings (SSSR count). The van der Waals surface area contributed by atoms with E-state index in [0.717, 1.165) is 10.7 Å². The molecule has 0 saturated heterocycles. The zero-order valence-electron chi connectivity index (χ0n) is 11.0. The molecule has 3 nitrogen and oxygen atoms in total. The van der Waals surface area contributed by atoms with Gasteiger partial charge in [0.1, 0.15) is 17.7 Å². The van der Waals surface area contributed by atoms with Crippen LogP contribution in [-0.4, -0.2) is 9.55 Å². The zero-order chi connectivity index (χ0) is 13.9. The number of nitrogens with one attached hydrogen (secondary N) is 1. The van der Waals surface area contributed by atoms with Gasteiger partial charge in [-0.15, -0.1) is 11.3 Å². The number of rotatable bonds is 4. The van der Waals surface area contributed by atoms with Crippen LogP contribution in [0.2, 0.25) is 0 Å². The molecule has 0 spiro atoms. The Morgan fingerprint density at radius 2 is 2.10 bits per heavy atom. The Morgan fingerprint density at radius 3 is 2.75 bits per heavy atom. The van der Waals surface area contributed by atoms with E-state index in [1.807, 2.05) is 41.4 Å². The number of halogens is 1. The zero-order valence-corrected chi connectivity index (χ0v) is 11.8. The van der Waals surface area contributed by atoms with E-state index in [2.05, 4.69) is 10.3 Å². The molecule has 20 heavy (non-hydrogen) atoms. The summed E-state index contributed by atoms with van der Waals surface area (Å²) in [6.45, 7) is 0. The highest BCUT2D eigenvalue weighted by Crippen LogP contribution is 2.29. The highest BCUT2D eigenvalue weighted by molar-refractivity contribution is 7.10. The molecule has 0 aliphatic rings. The number of imidazole rings is 1. The van der Waals surface area contributed by atoms with Gasteiger partial charge in [-0.2, -0.15) is 0 Å². The topological polar surface area (TPSA) is 29.9 Å². The van der Waals surface area contributed by atoms with Gasteiger partial charge in [0.05, 0.1) is 5.69 Å². The molecule has 2 aromatic heterocycles. The molecule has 5 heteroatoms. The Balaban J connectivity index is 1.99. The van der Waals surface area contributed by atoms with Crippen molar-refractivity contribution >= 4 is 17.0 Å². The largest absolute Gasteiger partial charge is 0.369 e. The van der Waals surface area contributed by atoms with E-state index in [0.29, 0.717) is 5.69 Å². The molecule has 0 radical (unpaired) electrons. The first kappa shape index (κ1) is 12.9. The lowest BCUT2D eigenvalue weighted by Crippen LogP contribution is -2.16. The molecule has 1 unspecified atom stereocenters. The van der Waals surface area contributed by atoms with Crippen molar-refractivity contribution in [2.75, 3.05) is 5.32 Å². The van der Waals surface area contributed by atoms with Crippen molar-refractivity contribution in [1.82, 2.24) is 9.55 Å². The minimum absolute atomic E-state index is 0.160. The van der Waals surface area contributed by atoms with Crippen molar-refractivity contribution in [3.05, 3.63) is 70.7 Å². The van der Waals surface area contributed by atoms with Gasteiger partial charge in [0.25, 0.3) is 0 Å². The van der Waals surface area contributed by atoms with Gasteiger partial charge in [-0.3, -0.25) is 0 Å². The monoisotopic (exact) mass is 287 g/mol. The third kappa shape index (κ3) is 2.44. The van der Waals surface area contributed by atoms with Crippen LogP contribution in [-0.2, 0) is 7.05 Å². The van der Waals surface area contributed by atoms with Gasteiger partial charge in [0.2, 0.25) is 0 Å². The predicted molar refractivity (Wildman–Crippen MR) is 79.4 cm³/mol. The maximum Gasteiger partial charge on any atom is 0.146 e. The number of para-hydroxylation sites is 1. The van der Waals surface area contributed by atoms with Gasteiger partial charge < -0.3 is 9.88 Å². The third-order valence-corrected chi connectivity index (χ3v) is 4.06. The van der Waals surface area contributed by atoms with Crippen LogP contribution in [0.15, 0.2) is 54.2 Å². The average Bonchev–Trinajstić information content (AvgIpc) is 3.10. The molecule has 1 aromatic carbocycles. The van der Waals surface area contributed by atoms with Gasteiger partial charge in [-0.25, -0.2) is 9.37 Å². The molecule has 3 aromatic rings. The molecule has 0 aliphatic carbocycles. The van der Waals surface area contributed by atoms with Crippen molar-refractivity contribution in [2.45, 2.75) is 6.04 Å². The van der Waals surface area contributed by atoms with Crippen LogP contribution in [0.5, 0.6) is 0 Å². The highest BCUT2D eigenvalue weighted by Gasteiger charge is 2.20. The summed E-state index contributed by atoms with van der Waals surface area (Å²) < 4.78 is 15.8. The second kappa shape index (κ2) is 5.46. The second-order valence-electron chi connectivity index (χ2n) is 4.47. The first-order valence-corrected chi connectivity index (χ1v) is 7.15. The summed E-state index contributed by atoms with van der Waals surface area (Å²) in [5.41, 5.74) is 0.480. The summed E-state index contributed by atoms with van der Waals surface area (Å²) in [6, 6.07) is 10.5. The number of thiophene rings is 1. The molecular weight excluding hydrogens is 273 g/mol. The van der Waals surface area contributed by atoms with Crippen molar-refractivity contribution in [3.8, 4) is 0 Å². The van der Waals surface area contributed by atoms with E-state index in [1.165, 1.54) is 6.07 Å². The van der Waals surface area contributed by atoms with Crippen LogP contribution in [0.3, 0.4) is 0 Å². The summed E-state index contributed by atoms with van der Waals surface area (Å²) in [6.07, 6.45) is 3.64. The number of benzene rings is 1. The van der Waals surface area contributed by atoms with Crippen molar-refractivity contribution in [2.24, 2.45) is 7.05 Å². The summed E-state index contributed by atoms with van der Waals surface area (Å²) in [4.78, 5) is 5.48. The van der Waals surface area contributed by atoms with E-state index in [4.69, 9.17) is 0 Å². The van der Waals surface area contributed by atoms with Crippen LogP contribution < -0.4 is 5.32 Å². The Morgan fingerprint density at radius 1 is 1.25 bits per heavy atom. The average molecular weight is 287 g/mol. The van der Waals surface area contributed by atoms with Crippen LogP contribution in [0.25, 0.3) is 0 Å². The first-order chi connectivity index (χ1) is 9.75. The van der Waals surface area contributed by atoms with Gasteiger partial charge in [0.15, 0.2) is 0 Å². The number of hydrogen-bond acceptors (Lipinski definition) is 3. The molecule has 1 N–H and O–H groups in total. The molecule has 0 aliphatic heterocycles. The fourth-order valence-corrected chi connectivity index (χ4v) is 2.88. The molecule has 2 heterocycles. The molecule has 0 bridgehead atoms. The minimum atomic E-state index is -0.261. The van der Waals surface area contributed by atoms with Crippen LogP contribution >= 0.6 is 11.3 Å². The predicted octanol–water partition coefficient (Wildman–Crippen LogP) is 3.82. The Bertz CT molecular complexity index is 691. The highest BCUT2D eigenvalue weighted by atomic mass is 32.1. The fraction of sp³-hybridized carbons (Fsp3) is 0.133. The second-order valence-corrected chi connectivity index (χ2v) is 5.45. The summed E-state index contributed by atoms with van der Waals surface area (Å²) >= 11 is 1.62. The molecule has 1 atom stereocenters. The maximum atomic E-state index is 13.8. The van der Waals surface area contributed by atoms with Gasteiger partial charge in [-0.05, 0) is 23.6 Å².